The van der Waals surface area contributed by atoms with E-state index in [1.165, 1.54) is 15.8 Å². The lowest BCUT2D eigenvalue weighted by Gasteiger charge is -2.27. The van der Waals surface area contributed by atoms with Crippen molar-refractivity contribution in [2.75, 3.05) is 16.8 Å². The molecule has 0 saturated heterocycles. The van der Waals surface area contributed by atoms with Gasteiger partial charge in [0, 0.05) is 28.8 Å². The quantitative estimate of drug-likeness (QED) is 0.671. The van der Waals surface area contributed by atoms with Crippen LogP contribution in [0.2, 0.25) is 0 Å². The minimum Gasteiger partial charge on any atom is -0.369 e. The molecule has 0 bridgehead atoms. The summed E-state index contributed by atoms with van der Waals surface area (Å²) in [5.41, 5.74) is 2.86. The van der Waals surface area contributed by atoms with Crippen molar-refractivity contribution in [3.05, 3.63) is 51.4 Å². The van der Waals surface area contributed by atoms with E-state index in [-0.39, 0.29) is 18.0 Å². The molecule has 0 radical (unpaired) electrons. The van der Waals surface area contributed by atoms with Gasteiger partial charge in [0.25, 0.3) is 5.56 Å². The Kier molecular flexibility index (Phi) is 5.41. The van der Waals surface area contributed by atoms with Crippen molar-refractivity contribution in [1.29, 1.82) is 0 Å². The van der Waals surface area contributed by atoms with E-state index < -0.39 is 0 Å². The Morgan fingerprint density at radius 2 is 2.03 bits per heavy atom. The zero-order valence-corrected chi connectivity index (χ0v) is 17.9. The Hall–Kier alpha value is -2.67. The van der Waals surface area contributed by atoms with Gasteiger partial charge in [0.05, 0.1) is 11.7 Å². The molecule has 1 aliphatic rings. The summed E-state index contributed by atoms with van der Waals surface area (Å²) in [6.45, 7) is 7.33. The van der Waals surface area contributed by atoms with Crippen molar-refractivity contribution >= 4 is 38.8 Å². The molecule has 0 fully saturated rings. The molecule has 6 nitrogen and oxygen atoms in total. The highest BCUT2D eigenvalue weighted by molar-refractivity contribution is 7.18. The van der Waals surface area contributed by atoms with Gasteiger partial charge in [-0.1, -0.05) is 0 Å². The van der Waals surface area contributed by atoms with Crippen molar-refractivity contribution < 1.29 is 4.79 Å². The average molecular weight is 411 g/mol. The van der Waals surface area contributed by atoms with Gasteiger partial charge in [0.2, 0.25) is 5.91 Å². The smallest absolute Gasteiger partial charge is 0.262 e. The molecule has 29 heavy (non-hydrogen) atoms. The van der Waals surface area contributed by atoms with Crippen LogP contribution in [0.3, 0.4) is 0 Å². The minimum atomic E-state index is -0.232. The molecular formula is C22H26N4O2S. The molecule has 0 spiro atoms. The molecule has 1 amide bonds. The molecule has 0 aliphatic heterocycles. The number of hydrogen-bond donors (Lipinski definition) is 1. The van der Waals surface area contributed by atoms with Crippen LogP contribution in [0.25, 0.3) is 10.2 Å². The normalized spacial score (nSPS) is 13.1. The number of nitrogens with zero attached hydrogens (tertiary/aromatic N) is 3. The fourth-order valence-electron chi connectivity index (χ4n) is 4.07. The number of nitrogens with one attached hydrogen (secondary N) is 1. The van der Waals surface area contributed by atoms with Crippen LogP contribution >= 0.6 is 11.3 Å². The lowest BCUT2D eigenvalue weighted by Crippen LogP contribution is -2.30. The highest BCUT2D eigenvalue weighted by Crippen LogP contribution is 2.34. The Morgan fingerprint density at radius 3 is 2.72 bits per heavy atom. The monoisotopic (exact) mass is 410 g/mol. The van der Waals surface area contributed by atoms with Crippen molar-refractivity contribution in [3.8, 4) is 0 Å². The van der Waals surface area contributed by atoms with E-state index in [1.54, 1.807) is 11.3 Å². The minimum absolute atomic E-state index is 0.0405. The van der Waals surface area contributed by atoms with E-state index in [4.69, 9.17) is 0 Å². The second-order valence-corrected chi connectivity index (χ2v) is 8.77. The molecule has 1 N–H and O–H groups in total. The molecule has 2 aromatic heterocycles. The van der Waals surface area contributed by atoms with E-state index >= 15 is 0 Å². The SMILES string of the molecule is CCN(c1ccc(NC(=O)Cn2cnc3sc4c(c3c2=O)CCC4)cc1)C(C)C. The van der Waals surface area contributed by atoms with Crippen LogP contribution in [-0.4, -0.2) is 28.0 Å². The summed E-state index contributed by atoms with van der Waals surface area (Å²) in [6.07, 6.45) is 4.54. The molecule has 3 aromatic rings. The van der Waals surface area contributed by atoms with Gasteiger partial charge < -0.3 is 10.2 Å². The standard InChI is InChI=1S/C22H26N4O2S/c1-4-26(14(2)3)16-10-8-15(9-11-16)24-19(27)12-25-13-23-21-20(22(25)28)17-6-5-7-18(17)29-21/h8-11,13-14H,4-7,12H2,1-3H3,(H,24,27). The fraction of sp³-hybridized carbons (Fsp3) is 0.409. The van der Waals surface area contributed by atoms with Gasteiger partial charge in [0.15, 0.2) is 0 Å². The van der Waals surface area contributed by atoms with Gasteiger partial charge in [-0.15, -0.1) is 11.3 Å². The summed E-state index contributed by atoms with van der Waals surface area (Å²) < 4.78 is 1.41. The Bertz CT molecular complexity index is 1100. The maximum Gasteiger partial charge on any atom is 0.262 e. The number of hydrogen-bond acceptors (Lipinski definition) is 5. The Balaban J connectivity index is 1.49. The fourth-order valence-corrected chi connectivity index (χ4v) is 5.29. The van der Waals surface area contributed by atoms with Crippen LogP contribution in [0.5, 0.6) is 0 Å². The first-order valence-electron chi connectivity index (χ1n) is 10.1. The maximum absolute atomic E-state index is 12.9. The second-order valence-electron chi connectivity index (χ2n) is 7.69. The average Bonchev–Trinajstić information content (AvgIpc) is 3.27. The summed E-state index contributed by atoms with van der Waals surface area (Å²) in [6, 6.07) is 8.22. The number of anilines is 2. The molecule has 7 heteroatoms. The summed E-state index contributed by atoms with van der Waals surface area (Å²) in [7, 11) is 0. The van der Waals surface area contributed by atoms with E-state index in [2.05, 4.69) is 36.0 Å². The molecular weight excluding hydrogens is 384 g/mol. The van der Waals surface area contributed by atoms with Crippen LogP contribution in [0.1, 0.15) is 37.6 Å². The zero-order valence-electron chi connectivity index (χ0n) is 17.1. The number of carbonyl (C=O) groups excluding carboxylic acids is 1. The first-order chi connectivity index (χ1) is 14.0. The number of benzene rings is 1. The predicted molar refractivity (Wildman–Crippen MR) is 119 cm³/mol. The van der Waals surface area contributed by atoms with E-state index in [9.17, 15) is 9.59 Å². The highest BCUT2D eigenvalue weighted by Gasteiger charge is 2.21. The number of fused-ring (bicyclic) bond motifs is 3. The number of amides is 1. The van der Waals surface area contributed by atoms with Crippen LogP contribution in [-0.2, 0) is 24.2 Å². The molecule has 1 aliphatic carbocycles. The maximum atomic E-state index is 12.9. The molecule has 4 rings (SSSR count). The number of aromatic nitrogens is 2. The van der Waals surface area contributed by atoms with Crippen molar-refractivity contribution in [1.82, 2.24) is 9.55 Å². The third-order valence-corrected chi connectivity index (χ3v) is 6.65. The van der Waals surface area contributed by atoms with Crippen LogP contribution in [0.4, 0.5) is 11.4 Å². The largest absolute Gasteiger partial charge is 0.369 e. The second kappa shape index (κ2) is 7.99. The van der Waals surface area contributed by atoms with Gasteiger partial charge in [-0.2, -0.15) is 0 Å². The molecule has 2 heterocycles. The topological polar surface area (TPSA) is 67.2 Å². The van der Waals surface area contributed by atoms with E-state index in [1.807, 2.05) is 24.3 Å². The van der Waals surface area contributed by atoms with E-state index in [0.29, 0.717) is 11.4 Å². The Morgan fingerprint density at radius 1 is 1.28 bits per heavy atom. The van der Waals surface area contributed by atoms with Gasteiger partial charge in [-0.25, -0.2) is 4.98 Å². The number of rotatable bonds is 6. The van der Waals surface area contributed by atoms with Crippen LogP contribution in [0.15, 0.2) is 35.4 Å². The van der Waals surface area contributed by atoms with Crippen molar-refractivity contribution in [3.63, 3.8) is 0 Å². The first-order valence-corrected chi connectivity index (χ1v) is 11.0. The van der Waals surface area contributed by atoms with Crippen LogP contribution < -0.4 is 15.8 Å². The van der Waals surface area contributed by atoms with Crippen molar-refractivity contribution in [2.24, 2.45) is 0 Å². The molecule has 0 atom stereocenters. The van der Waals surface area contributed by atoms with Gasteiger partial charge in [-0.3, -0.25) is 14.2 Å². The number of aryl methyl sites for hydroxylation is 2. The summed E-state index contributed by atoms with van der Waals surface area (Å²) >= 11 is 1.61. The van der Waals surface area contributed by atoms with Gasteiger partial charge in [0.1, 0.15) is 11.4 Å². The Labute approximate surface area is 174 Å². The molecule has 1 aromatic carbocycles. The predicted octanol–water partition coefficient (Wildman–Crippen LogP) is 3.82. The third-order valence-electron chi connectivity index (χ3n) is 5.45. The lowest BCUT2D eigenvalue weighted by atomic mass is 10.2. The van der Waals surface area contributed by atoms with E-state index in [0.717, 1.165) is 47.6 Å². The molecule has 0 saturated carbocycles. The molecule has 0 unspecified atom stereocenters. The lowest BCUT2D eigenvalue weighted by molar-refractivity contribution is -0.116. The van der Waals surface area contributed by atoms with Crippen LogP contribution in [0, 0.1) is 0 Å². The van der Waals surface area contributed by atoms with Crippen molar-refractivity contribution in [2.45, 2.75) is 52.6 Å². The molecule has 152 valence electrons. The third kappa shape index (κ3) is 3.79. The first kappa shape index (κ1) is 19.6. The zero-order chi connectivity index (χ0) is 20.5. The highest BCUT2D eigenvalue weighted by atomic mass is 32.1. The summed E-state index contributed by atoms with van der Waals surface area (Å²) in [5, 5.41) is 3.59. The summed E-state index contributed by atoms with van der Waals surface area (Å²) in [5.74, 6) is -0.232. The van der Waals surface area contributed by atoms with Gasteiger partial charge in [-0.05, 0) is 69.9 Å². The number of thiophene rings is 1. The van der Waals surface area contributed by atoms with Gasteiger partial charge >= 0.3 is 0 Å². The number of carbonyl (C=O) groups is 1. The summed E-state index contributed by atoms with van der Waals surface area (Å²) in [4.78, 5) is 34.2.